The van der Waals surface area contributed by atoms with Gasteiger partial charge in [-0.2, -0.15) is 23.3 Å². The Bertz CT molecular complexity index is 2290. The molecule has 1 atom stereocenters. The van der Waals surface area contributed by atoms with Gasteiger partial charge in [-0.3, -0.25) is 0 Å². The Morgan fingerprint density at radius 2 is 1.13 bits per heavy atom. The molecule has 0 amide bonds. The number of fused-ring (bicyclic) bond motifs is 2. The number of methoxy groups -OCH3 is 1. The molecule has 3 aliphatic carbocycles. The SMILES string of the molecule is CC1=[C-]C2=CC3=C(CCC3)C(c3cc(C(C)(C)C)cc(C(C)(C)C)c3)C2=C1.COc1c(C(C)(C)C)cc2[cH-]c(C)cc2c1-c1cc(C(C)(C)C)cc(C(C)(C)C)c1.[CH3-].[CH3-].[Si]=[Zr]. The molecule has 1 nitrogen and oxygen atoms in total. The standard InChI is InChI=1S/C29H39O.C27H33.2CH3.Si.Zr/c1-18-12-19-16-24(29(8,9)10)26(30-11)25(23(19)13-18)20-14-21(27(2,3)4)17-22(15-20)28(5,6)7;1-17-11-19-13-18-9-8-10-23(18)25(24(19)12-17)20-14-21(26(2,3)4)16-22(15-20)27(5,6)7;;;;/h12-17H,1-11H3;12-16,25H,8-10H2,1-7H3;2*1H3;;/q4*-1;;. The first-order valence-corrected chi connectivity index (χ1v) is 26.0. The molecule has 4 aromatic carbocycles. The molecule has 1 unspecified atom stereocenters. The van der Waals surface area contributed by atoms with Gasteiger partial charge < -0.3 is 19.6 Å². The van der Waals surface area contributed by atoms with Gasteiger partial charge in [0.1, 0.15) is 5.75 Å². The Balaban J connectivity index is 0.000000304. The normalized spacial score (nSPS) is 16.4. The second kappa shape index (κ2) is 19.1. The Hall–Kier alpha value is -2.87. The molecule has 0 saturated carbocycles. The number of allylic oxidation sites excluding steroid dienone is 8. The summed E-state index contributed by atoms with van der Waals surface area (Å²) in [5.74, 6) is 1.42. The first-order chi connectivity index (χ1) is 27.2. The van der Waals surface area contributed by atoms with Gasteiger partial charge in [-0.25, -0.2) is 0 Å². The van der Waals surface area contributed by atoms with Crippen LogP contribution in [-0.2, 0) is 50.4 Å². The number of hydrogen-bond acceptors (Lipinski definition) is 1. The van der Waals surface area contributed by atoms with E-state index in [9.17, 15) is 0 Å². The van der Waals surface area contributed by atoms with Crippen molar-refractivity contribution in [3.05, 3.63) is 154 Å². The van der Waals surface area contributed by atoms with Crippen molar-refractivity contribution in [3.8, 4) is 16.9 Å². The predicted molar refractivity (Wildman–Crippen MR) is 267 cm³/mol. The van der Waals surface area contributed by atoms with E-state index in [1.54, 1.807) is 11.1 Å². The zero-order valence-corrected chi connectivity index (χ0v) is 45.4. The monoisotopic (exact) mass is 908 g/mol. The van der Waals surface area contributed by atoms with Gasteiger partial charge in [-0.05, 0) is 96.8 Å². The van der Waals surface area contributed by atoms with Gasteiger partial charge in [-0.1, -0.05) is 165 Å². The molecule has 0 bridgehead atoms. The summed E-state index contributed by atoms with van der Waals surface area (Å²) in [4.78, 5) is 0. The summed E-state index contributed by atoms with van der Waals surface area (Å²) < 4.78 is 6.13. The number of ether oxygens (including phenoxy) is 1. The Morgan fingerprint density at radius 3 is 1.59 bits per heavy atom. The van der Waals surface area contributed by atoms with Crippen LogP contribution in [0.2, 0.25) is 0 Å². The summed E-state index contributed by atoms with van der Waals surface area (Å²) >= 11 is 1.36. The van der Waals surface area contributed by atoms with Crippen molar-refractivity contribution in [1.29, 1.82) is 0 Å². The van der Waals surface area contributed by atoms with Crippen LogP contribution in [0.15, 0.2) is 94.6 Å². The van der Waals surface area contributed by atoms with Crippen molar-refractivity contribution >= 4 is 17.7 Å². The van der Waals surface area contributed by atoms with Crippen molar-refractivity contribution in [2.75, 3.05) is 7.11 Å². The van der Waals surface area contributed by atoms with Crippen LogP contribution in [0, 0.1) is 27.9 Å². The van der Waals surface area contributed by atoms with Crippen molar-refractivity contribution in [3.63, 3.8) is 0 Å². The zero-order valence-electron chi connectivity index (χ0n) is 42.0. The Morgan fingerprint density at radius 1 is 0.639 bits per heavy atom. The van der Waals surface area contributed by atoms with E-state index >= 15 is 0 Å². The molecule has 7 rings (SSSR count). The molecular formula is C58H78OSiZr-4. The Kier molecular flexibility index (Phi) is 16.4. The van der Waals surface area contributed by atoms with Crippen LogP contribution >= 0.6 is 0 Å². The Labute approximate surface area is 391 Å². The molecular weight excluding hydrogens is 832 g/mol. The van der Waals surface area contributed by atoms with Crippen LogP contribution in [0.1, 0.15) is 175 Å². The molecule has 3 heteroatoms. The third kappa shape index (κ3) is 11.5. The first-order valence-electron chi connectivity index (χ1n) is 21.8. The quantitative estimate of drug-likeness (QED) is 0.147. The van der Waals surface area contributed by atoms with E-state index in [0.717, 1.165) is 5.75 Å². The number of benzene rings is 3. The number of hydrogen-bond donors (Lipinski definition) is 0. The van der Waals surface area contributed by atoms with E-state index in [-0.39, 0.29) is 41.9 Å². The molecule has 0 aliphatic heterocycles. The van der Waals surface area contributed by atoms with Gasteiger partial charge in [0.2, 0.25) is 0 Å². The van der Waals surface area contributed by atoms with Crippen LogP contribution < -0.4 is 4.74 Å². The van der Waals surface area contributed by atoms with Gasteiger partial charge in [0.15, 0.2) is 0 Å². The van der Waals surface area contributed by atoms with E-state index in [1.807, 2.05) is 7.11 Å². The summed E-state index contributed by atoms with van der Waals surface area (Å²) in [5.41, 5.74) is 19.9. The van der Waals surface area contributed by atoms with E-state index in [2.05, 4.69) is 197 Å². The van der Waals surface area contributed by atoms with Gasteiger partial charge in [0, 0.05) is 0 Å². The molecule has 0 spiro atoms. The second-order valence-corrected chi connectivity index (χ2v) is 22.6. The van der Waals surface area contributed by atoms with Crippen molar-refractivity contribution in [2.24, 2.45) is 0 Å². The summed E-state index contributed by atoms with van der Waals surface area (Å²) in [5, 5.41) is 2.58. The molecule has 2 radical (unpaired) electrons. The van der Waals surface area contributed by atoms with Crippen molar-refractivity contribution in [2.45, 2.75) is 170 Å². The molecule has 328 valence electrons. The van der Waals surface area contributed by atoms with E-state index in [0.29, 0.717) is 5.92 Å². The van der Waals surface area contributed by atoms with E-state index in [1.165, 1.54) is 120 Å². The maximum atomic E-state index is 6.13. The molecule has 61 heavy (non-hydrogen) atoms. The van der Waals surface area contributed by atoms with Crippen LogP contribution in [0.3, 0.4) is 0 Å². The fourth-order valence-corrected chi connectivity index (χ4v) is 8.89. The average molecular weight is 911 g/mol. The molecule has 4 aromatic rings. The fourth-order valence-electron chi connectivity index (χ4n) is 8.89. The minimum absolute atomic E-state index is 0. The molecule has 0 heterocycles. The maximum absolute atomic E-state index is 6.13. The molecule has 0 fully saturated rings. The number of aryl methyl sites for hydroxylation is 1. The molecule has 0 aromatic heterocycles. The van der Waals surface area contributed by atoms with Crippen LogP contribution in [-0.4, -0.2) is 14.0 Å². The average Bonchev–Trinajstić information content (AvgIpc) is 3.85. The summed E-state index contributed by atoms with van der Waals surface area (Å²) in [7, 11) is 1.81. The van der Waals surface area contributed by atoms with Crippen LogP contribution in [0.5, 0.6) is 5.75 Å². The molecule has 3 aliphatic rings. The van der Waals surface area contributed by atoms with Crippen LogP contribution in [0.25, 0.3) is 21.9 Å². The molecule has 0 N–H and O–H groups in total. The van der Waals surface area contributed by atoms with E-state index < -0.39 is 0 Å². The van der Waals surface area contributed by atoms with E-state index in [4.69, 9.17) is 4.74 Å². The molecule has 0 saturated heterocycles. The zero-order chi connectivity index (χ0) is 44.2. The third-order valence-electron chi connectivity index (χ3n) is 12.4. The number of rotatable bonds is 3. The fraction of sp³-hybridized carbons (Fsp3) is 0.466. The van der Waals surface area contributed by atoms with Gasteiger partial charge in [-0.15, -0.1) is 46.2 Å². The minimum atomic E-state index is -0.00600. The van der Waals surface area contributed by atoms with Gasteiger partial charge in [0.25, 0.3) is 0 Å². The summed E-state index contributed by atoms with van der Waals surface area (Å²) in [6.45, 7) is 42.0. The third-order valence-corrected chi connectivity index (χ3v) is 12.4. The van der Waals surface area contributed by atoms with Crippen LogP contribution in [0.4, 0.5) is 0 Å². The predicted octanol–water partition coefficient (Wildman–Crippen LogP) is 16.4. The van der Waals surface area contributed by atoms with Crippen molar-refractivity contribution in [1.82, 2.24) is 0 Å². The topological polar surface area (TPSA) is 9.23 Å². The summed E-state index contributed by atoms with van der Waals surface area (Å²) in [6, 6.07) is 21.5. The van der Waals surface area contributed by atoms with Crippen molar-refractivity contribution < 1.29 is 28.1 Å². The summed E-state index contributed by atoms with van der Waals surface area (Å²) in [6.07, 6.45) is 12.2. The second-order valence-electron chi connectivity index (χ2n) is 22.6. The van der Waals surface area contributed by atoms with Gasteiger partial charge >= 0.3 is 30.2 Å². The van der Waals surface area contributed by atoms with Gasteiger partial charge in [0.05, 0.1) is 7.11 Å². The first kappa shape index (κ1) is 52.5.